The highest BCUT2D eigenvalue weighted by atomic mass is 19.1. The first kappa shape index (κ1) is 22.6. The highest BCUT2D eigenvalue weighted by Gasteiger charge is 2.47. The summed E-state index contributed by atoms with van der Waals surface area (Å²) in [7, 11) is 1.56. The highest BCUT2D eigenvalue weighted by Crippen LogP contribution is 2.46. The van der Waals surface area contributed by atoms with Gasteiger partial charge >= 0.3 is 0 Å². The van der Waals surface area contributed by atoms with Crippen molar-refractivity contribution in [1.29, 1.82) is 0 Å². The van der Waals surface area contributed by atoms with E-state index in [2.05, 4.69) is 18.8 Å². The molecule has 1 heterocycles. The number of likely N-dealkylation sites (tertiary alicyclic amines) is 1. The lowest BCUT2D eigenvalue weighted by atomic mass is 9.72. The van der Waals surface area contributed by atoms with Crippen molar-refractivity contribution in [1.82, 2.24) is 4.90 Å². The predicted octanol–water partition coefficient (Wildman–Crippen LogP) is 3.41. The molecule has 0 bridgehead atoms. The standard InChI is InChI=1S/C25H27FNO4/c1-17(28)25(3)16-27(18(2)29)15-22(25)20-9-12-23(30-4)24(14-20)31-13-5-6-19-7-10-21(26)11-8-19/h7-12,14,17,22,28H,2,13,15-16H2,1,3-4H3/t17-,22+,25+/m1/s1. The van der Waals surface area contributed by atoms with Gasteiger partial charge in [-0.1, -0.05) is 24.8 Å². The van der Waals surface area contributed by atoms with Gasteiger partial charge in [-0.2, -0.15) is 0 Å². The van der Waals surface area contributed by atoms with E-state index in [1.807, 2.05) is 25.1 Å². The number of carbonyl (C=O) groups excluding carboxylic acids is 1. The van der Waals surface area contributed by atoms with E-state index in [1.165, 1.54) is 12.1 Å². The summed E-state index contributed by atoms with van der Waals surface area (Å²) in [5.74, 6) is 6.29. The monoisotopic (exact) mass is 424 g/mol. The summed E-state index contributed by atoms with van der Waals surface area (Å²) < 4.78 is 24.3. The van der Waals surface area contributed by atoms with Gasteiger partial charge in [0.1, 0.15) is 12.4 Å². The van der Waals surface area contributed by atoms with Gasteiger partial charge in [0.15, 0.2) is 11.5 Å². The van der Waals surface area contributed by atoms with E-state index in [4.69, 9.17) is 9.47 Å². The number of halogens is 1. The molecular formula is C25H27FNO4. The predicted molar refractivity (Wildman–Crippen MR) is 116 cm³/mol. The minimum absolute atomic E-state index is 0.0863. The maximum absolute atomic E-state index is 13.0. The van der Waals surface area contributed by atoms with E-state index in [9.17, 15) is 14.3 Å². The van der Waals surface area contributed by atoms with Gasteiger partial charge in [0.25, 0.3) is 0 Å². The van der Waals surface area contributed by atoms with Crippen molar-refractivity contribution >= 4 is 5.91 Å². The van der Waals surface area contributed by atoms with Gasteiger partial charge < -0.3 is 19.5 Å². The van der Waals surface area contributed by atoms with Crippen molar-refractivity contribution in [3.8, 4) is 23.3 Å². The Balaban J connectivity index is 1.81. The Kier molecular flexibility index (Phi) is 6.87. The number of ether oxygens (including phenoxy) is 2. The van der Waals surface area contributed by atoms with Crippen LogP contribution in [0.4, 0.5) is 4.39 Å². The number of aliphatic hydroxyl groups is 1. The molecule has 1 fully saturated rings. The molecule has 6 heteroatoms. The summed E-state index contributed by atoms with van der Waals surface area (Å²) in [6.07, 6.45) is -0.616. The largest absolute Gasteiger partial charge is 0.493 e. The van der Waals surface area contributed by atoms with Gasteiger partial charge in [0.2, 0.25) is 5.91 Å². The van der Waals surface area contributed by atoms with Gasteiger partial charge in [-0.15, -0.1) is 0 Å². The van der Waals surface area contributed by atoms with Crippen LogP contribution in [0.25, 0.3) is 0 Å². The van der Waals surface area contributed by atoms with Crippen molar-refractivity contribution < 1.29 is 23.8 Å². The zero-order valence-electron chi connectivity index (χ0n) is 18.0. The smallest absolute Gasteiger partial charge is 0.223 e. The van der Waals surface area contributed by atoms with Crippen molar-refractivity contribution in [3.05, 3.63) is 66.3 Å². The fourth-order valence-corrected chi connectivity index (χ4v) is 3.92. The van der Waals surface area contributed by atoms with E-state index in [1.54, 1.807) is 31.1 Å². The molecule has 3 atom stereocenters. The van der Waals surface area contributed by atoms with Crippen molar-refractivity contribution in [2.45, 2.75) is 25.9 Å². The van der Waals surface area contributed by atoms with Crippen LogP contribution in [0.5, 0.6) is 11.5 Å². The molecule has 1 aliphatic heterocycles. The van der Waals surface area contributed by atoms with E-state index >= 15 is 0 Å². The van der Waals surface area contributed by atoms with Crippen LogP contribution in [0, 0.1) is 30.0 Å². The van der Waals surface area contributed by atoms with Crippen LogP contribution in [0.3, 0.4) is 0 Å². The Bertz CT molecular complexity index is 993. The highest BCUT2D eigenvalue weighted by molar-refractivity contribution is 5.80. The number of amides is 1. The summed E-state index contributed by atoms with van der Waals surface area (Å²) in [4.78, 5) is 13.5. The average molecular weight is 424 g/mol. The first-order chi connectivity index (χ1) is 14.7. The van der Waals surface area contributed by atoms with Gasteiger partial charge in [-0.05, 0) is 48.9 Å². The van der Waals surface area contributed by atoms with Crippen LogP contribution in [0.15, 0.2) is 42.5 Å². The Hall–Kier alpha value is -3.04. The molecule has 0 aliphatic carbocycles. The number of benzene rings is 2. The molecule has 2 aromatic rings. The first-order valence-electron chi connectivity index (χ1n) is 10.1. The Morgan fingerprint density at radius 1 is 1.32 bits per heavy atom. The van der Waals surface area contributed by atoms with Gasteiger partial charge in [-0.25, -0.2) is 4.39 Å². The van der Waals surface area contributed by atoms with Gasteiger partial charge in [0.05, 0.1) is 13.2 Å². The summed E-state index contributed by atoms with van der Waals surface area (Å²) in [6.45, 7) is 8.27. The molecule has 5 nitrogen and oxygen atoms in total. The minimum atomic E-state index is -0.616. The molecule has 1 aliphatic rings. The van der Waals surface area contributed by atoms with Gasteiger partial charge in [0, 0.05) is 36.9 Å². The van der Waals surface area contributed by atoms with Crippen LogP contribution in [-0.2, 0) is 4.79 Å². The molecule has 0 saturated carbocycles. The molecule has 1 N–H and O–H groups in total. The maximum Gasteiger partial charge on any atom is 0.223 e. The molecule has 0 unspecified atom stereocenters. The topological polar surface area (TPSA) is 59.0 Å². The maximum atomic E-state index is 13.0. The van der Waals surface area contributed by atoms with E-state index < -0.39 is 11.5 Å². The molecule has 31 heavy (non-hydrogen) atoms. The molecule has 1 radical (unpaired) electrons. The van der Waals surface area contributed by atoms with Crippen LogP contribution < -0.4 is 9.47 Å². The zero-order chi connectivity index (χ0) is 22.6. The Morgan fingerprint density at radius 2 is 2.03 bits per heavy atom. The third-order valence-corrected chi connectivity index (χ3v) is 6.00. The third-order valence-electron chi connectivity index (χ3n) is 6.00. The molecule has 3 rings (SSSR count). The van der Waals surface area contributed by atoms with Gasteiger partial charge in [-0.3, -0.25) is 4.79 Å². The zero-order valence-corrected chi connectivity index (χ0v) is 18.0. The van der Waals surface area contributed by atoms with E-state index in [-0.39, 0.29) is 24.2 Å². The normalized spacial score (nSPS) is 21.2. The Labute approximate surface area is 182 Å². The summed E-state index contributed by atoms with van der Waals surface area (Å²) in [5.41, 5.74) is 1.12. The fourth-order valence-electron chi connectivity index (χ4n) is 3.92. The molecule has 1 amide bonds. The number of rotatable bonds is 5. The van der Waals surface area contributed by atoms with E-state index in [0.717, 1.165) is 5.56 Å². The Morgan fingerprint density at radius 3 is 2.65 bits per heavy atom. The lowest BCUT2D eigenvalue weighted by Gasteiger charge is -2.33. The second-order valence-electron chi connectivity index (χ2n) is 8.02. The van der Waals surface area contributed by atoms with E-state index in [0.29, 0.717) is 30.2 Å². The van der Waals surface area contributed by atoms with Crippen LogP contribution in [0.1, 0.15) is 30.9 Å². The molecule has 0 spiro atoms. The van der Waals surface area contributed by atoms with Crippen molar-refractivity contribution in [2.75, 3.05) is 26.8 Å². The number of aliphatic hydroxyl groups excluding tert-OH is 1. The molecular weight excluding hydrogens is 397 g/mol. The second-order valence-corrected chi connectivity index (χ2v) is 8.02. The fraction of sp³-hybridized carbons (Fsp3) is 0.360. The number of hydrogen-bond donors (Lipinski definition) is 1. The summed E-state index contributed by atoms with van der Waals surface area (Å²) >= 11 is 0. The SMILES string of the molecule is [CH2]C(=O)N1C[C@@H](c2ccc(OC)c(OCC#Cc3ccc(F)cc3)c2)[C@](C)([C@@H](C)O)C1. The molecule has 1 saturated heterocycles. The molecule has 0 aromatic heterocycles. The minimum Gasteiger partial charge on any atom is -0.493 e. The van der Waals surface area contributed by atoms with Crippen LogP contribution >= 0.6 is 0 Å². The number of nitrogens with zero attached hydrogens (tertiary/aromatic N) is 1. The molecule has 2 aromatic carbocycles. The summed E-state index contributed by atoms with van der Waals surface area (Å²) in [5, 5.41) is 10.5. The quantitative estimate of drug-likeness (QED) is 0.748. The van der Waals surface area contributed by atoms with Crippen molar-refractivity contribution in [3.63, 3.8) is 0 Å². The third kappa shape index (κ3) is 5.00. The first-order valence-corrected chi connectivity index (χ1v) is 10.1. The lowest BCUT2D eigenvalue weighted by molar-refractivity contribution is -0.125. The van der Waals surface area contributed by atoms with Crippen LogP contribution in [0.2, 0.25) is 0 Å². The lowest BCUT2D eigenvalue weighted by Crippen LogP contribution is -2.37. The van der Waals surface area contributed by atoms with Crippen molar-refractivity contribution in [2.24, 2.45) is 5.41 Å². The molecule has 163 valence electrons. The number of methoxy groups -OCH3 is 1. The number of hydrogen-bond acceptors (Lipinski definition) is 4. The average Bonchev–Trinajstić information content (AvgIpc) is 3.12. The number of carbonyl (C=O) groups is 1. The second kappa shape index (κ2) is 9.40. The summed E-state index contributed by atoms with van der Waals surface area (Å²) in [6, 6.07) is 11.6. The van der Waals surface area contributed by atoms with Crippen LogP contribution in [-0.4, -0.2) is 48.8 Å².